The second kappa shape index (κ2) is 18.6. The molecule has 0 unspecified atom stereocenters. The van der Waals surface area contributed by atoms with Crippen molar-refractivity contribution in [3.05, 3.63) is 150 Å². The minimum Gasteiger partial charge on any atom is -1.00 e. The summed E-state index contributed by atoms with van der Waals surface area (Å²) in [7, 11) is 0. The van der Waals surface area contributed by atoms with Gasteiger partial charge in [0.25, 0.3) is 0 Å². The van der Waals surface area contributed by atoms with Crippen molar-refractivity contribution in [3.63, 3.8) is 0 Å². The number of likely N-dealkylation sites (tertiary alicyclic amines) is 1. The summed E-state index contributed by atoms with van der Waals surface area (Å²) in [6.07, 6.45) is 2.63. The molecule has 1 saturated heterocycles. The molecule has 1 fully saturated rings. The fourth-order valence-corrected chi connectivity index (χ4v) is 6.74. The Bertz CT molecular complexity index is 2040. The Hall–Kier alpha value is -5.29. The van der Waals surface area contributed by atoms with Gasteiger partial charge in [0.05, 0.1) is 30.3 Å². The van der Waals surface area contributed by atoms with Crippen LogP contribution in [0.15, 0.2) is 133 Å². The fraction of sp³-hybridized carbons (Fsp3) is 0.238. The number of hydrogen-bond acceptors (Lipinski definition) is 6. The molecule has 0 bridgehead atoms. The van der Waals surface area contributed by atoms with Gasteiger partial charge < -0.3 is 31.9 Å². The van der Waals surface area contributed by atoms with Crippen LogP contribution in [0.5, 0.6) is 11.5 Å². The minimum atomic E-state index is -0.748. The zero-order chi connectivity index (χ0) is 35.8. The lowest BCUT2D eigenvalue weighted by Gasteiger charge is -2.38. The van der Waals surface area contributed by atoms with Gasteiger partial charge in [0.15, 0.2) is 5.69 Å². The lowest BCUT2D eigenvalue weighted by molar-refractivity contribution is -0.734. The normalized spacial score (nSPS) is 14.0. The number of ether oxygens (including phenoxy) is 2. The van der Waals surface area contributed by atoms with Gasteiger partial charge in [-0.25, -0.2) is 4.39 Å². The number of halogens is 3. The van der Waals surface area contributed by atoms with E-state index in [1.165, 1.54) is 11.6 Å². The molecule has 0 atom stereocenters. The van der Waals surface area contributed by atoms with E-state index in [9.17, 15) is 9.18 Å². The molecule has 2 aliphatic rings. The van der Waals surface area contributed by atoms with Crippen LogP contribution in [0.25, 0.3) is 22.8 Å². The second-order valence-corrected chi connectivity index (χ2v) is 13.0. The topological polar surface area (TPSA) is 93.6 Å². The molecule has 6 aromatic rings. The highest BCUT2D eigenvalue weighted by molar-refractivity contribution is 5.85. The molecule has 3 heterocycles. The number of aromatic nitrogens is 4. The summed E-state index contributed by atoms with van der Waals surface area (Å²) in [4.78, 5) is 16.6. The smallest absolute Gasteiger partial charge is 0.340 e. The van der Waals surface area contributed by atoms with Gasteiger partial charge in [-0.05, 0) is 89.9 Å². The molecular weight excluding hydrogens is 728 g/mol. The molecule has 0 amide bonds. The number of aliphatic carboxylic acids is 1. The number of nitrogens with zero attached hydrogens (tertiary/aromatic N) is 5. The summed E-state index contributed by atoms with van der Waals surface area (Å²) in [5.41, 5.74) is 4.81. The Balaban J connectivity index is 0.000000205. The Morgan fingerprint density at radius 3 is 2.20 bits per heavy atom. The van der Waals surface area contributed by atoms with Crippen LogP contribution in [0.3, 0.4) is 0 Å². The van der Waals surface area contributed by atoms with Crippen LogP contribution >= 0.6 is 12.4 Å². The van der Waals surface area contributed by atoms with Crippen molar-refractivity contribution < 1.29 is 41.0 Å². The summed E-state index contributed by atoms with van der Waals surface area (Å²) >= 11 is 0. The minimum absolute atomic E-state index is 0. The number of piperidine rings is 1. The van der Waals surface area contributed by atoms with Gasteiger partial charge in [0.1, 0.15) is 23.0 Å². The predicted molar refractivity (Wildman–Crippen MR) is 203 cm³/mol. The summed E-state index contributed by atoms with van der Waals surface area (Å²) in [5.74, 6) is 1.34. The van der Waals surface area contributed by atoms with Crippen LogP contribution < -0.4 is 26.7 Å². The van der Waals surface area contributed by atoms with E-state index in [1.54, 1.807) is 12.1 Å². The van der Waals surface area contributed by atoms with Crippen molar-refractivity contribution in [1.82, 2.24) is 19.9 Å². The summed E-state index contributed by atoms with van der Waals surface area (Å²) in [6.45, 7) is 3.44. The molecule has 0 aliphatic carbocycles. The highest BCUT2D eigenvalue weighted by Gasteiger charge is 2.43. The lowest BCUT2D eigenvalue weighted by atomic mass is 9.74. The van der Waals surface area contributed by atoms with Gasteiger partial charge in [0, 0.05) is 34.8 Å². The molecule has 0 radical (unpaired) electrons. The first-order valence-corrected chi connectivity index (χ1v) is 17.6. The molecule has 54 heavy (non-hydrogen) atoms. The molecule has 280 valence electrons. The van der Waals surface area contributed by atoms with E-state index in [-0.39, 0.29) is 42.5 Å². The van der Waals surface area contributed by atoms with E-state index >= 15 is 0 Å². The van der Waals surface area contributed by atoms with E-state index in [1.807, 2.05) is 119 Å². The first kappa shape index (κ1) is 39.9. The number of hydrogen-bond donors (Lipinski definition) is 1. The van der Waals surface area contributed by atoms with Gasteiger partial charge in [-0.1, -0.05) is 78.9 Å². The second-order valence-electron chi connectivity index (χ2n) is 13.0. The summed E-state index contributed by atoms with van der Waals surface area (Å²) in [5, 5.41) is 18.3. The number of para-hydroxylation sites is 2. The Morgan fingerprint density at radius 2 is 1.52 bits per heavy atom. The number of carboxylic acid groups (broad SMARTS) is 1. The van der Waals surface area contributed by atoms with Gasteiger partial charge in [-0.15, -0.1) is 12.4 Å². The number of fused-ring (bicyclic) bond motifs is 2. The molecule has 1 N–H and O–H groups in total. The molecule has 2 aliphatic heterocycles. The zero-order valence-electron chi connectivity index (χ0n) is 29.6. The van der Waals surface area contributed by atoms with Crippen molar-refractivity contribution in [1.29, 1.82) is 0 Å². The standard InChI is InChI=1S/C23H26FNO4.C19H15N4.2ClH/c24-20-4-2-1-3-17(20)8-14-28-18-5-6-19-21(15-18)29-16-23(19)9-12-25(13-10-23)11-7-22(26)27;1-4-10-16(11-5-1)19-20-22(17-12-6-2-7-13-17)23(21-19)18-14-8-3-9-15-18;;/h1-6,15H,7-14,16H2,(H,26,27);1-15H;2*1H/q;+1;;/p-1. The van der Waals surface area contributed by atoms with E-state index < -0.39 is 5.97 Å². The molecule has 9 nitrogen and oxygen atoms in total. The maximum absolute atomic E-state index is 13.7. The van der Waals surface area contributed by atoms with Crippen molar-refractivity contribution in [2.45, 2.75) is 31.1 Å². The zero-order valence-corrected chi connectivity index (χ0v) is 31.2. The molecule has 8 rings (SSSR count). The molecule has 0 saturated carbocycles. The Labute approximate surface area is 326 Å². The number of carbonyl (C=O) groups is 1. The summed E-state index contributed by atoms with van der Waals surface area (Å²) in [6, 6.07) is 42.8. The van der Waals surface area contributed by atoms with Crippen LogP contribution in [0, 0.1) is 5.82 Å². The Morgan fingerprint density at radius 1 is 0.870 bits per heavy atom. The van der Waals surface area contributed by atoms with Crippen LogP contribution in [-0.4, -0.2) is 63.8 Å². The molecule has 12 heteroatoms. The van der Waals surface area contributed by atoms with Crippen molar-refractivity contribution in [2.75, 3.05) is 32.8 Å². The summed E-state index contributed by atoms with van der Waals surface area (Å²) < 4.78 is 25.5. The predicted octanol–water partition coefficient (Wildman–Crippen LogP) is 4.28. The van der Waals surface area contributed by atoms with Crippen LogP contribution in [0.4, 0.5) is 4.39 Å². The van der Waals surface area contributed by atoms with Gasteiger partial charge in [-0.3, -0.25) is 4.79 Å². The third kappa shape index (κ3) is 9.43. The van der Waals surface area contributed by atoms with Crippen LogP contribution in [-0.2, 0) is 16.6 Å². The largest absolute Gasteiger partial charge is 1.00 e. The van der Waals surface area contributed by atoms with E-state index in [4.69, 9.17) is 24.8 Å². The molecule has 5 aromatic carbocycles. The molecular formula is C42H42Cl2FN5O4. The third-order valence-corrected chi connectivity index (χ3v) is 9.65. The maximum Gasteiger partial charge on any atom is 0.340 e. The van der Waals surface area contributed by atoms with Crippen LogP contribution in [0.2, 0.25) is 0 Å². The van der Waals surface area contributed by atoms with Gasteiger partial charge >= 0.3 is 11.8 Å². The first-order valence-electron chi connectivity index (χ1n) is 17.6. The van der Waals surface area contributed by atoms with Crippen LogP contribution in [0.1, 0.15) is 30.4 Å². The van der Waals surface area contributed by atoms with Crippen molar-refractivity contribution in [3.8, 4) is 34.3 Å². The number of carboxylic acids is 1. The van der Waals surface area contributed by atoms with E-state index in [2.05, 4.69) is 11.0 Å². The Kier molecular flexibility index (Phi) is 13.8. The number of rotatable bonds is 10. The van der Waals surface area contributed by atoms with Gasteiger partial charge in [0.2, 0.25) is 0 Å². The van der Waals surface area contributed by atoms with E-state index in [0.717, 1.165) is 54.4 Å². The highest BCUT2D eigenvalue weighted by Crippen LogP contribution is 2.46. The SMILES string of the molecule is Cl.O=C(O)CCN1CCC2(CC1)COc1cc(OCCc3ccccc3F)ccc12.[Cl-].c1ccc(-c2nn(-c3ccccc3)[n+](-c3ccccc3)n2)cc1. The van der Waals surface area contributed by atoms with Crippen molar-refractivity contribution in [2.24, 2.45) is 0 Å². The van der Waals surface area contributed by atoms with Gasteiger partial charge in [-0.2, -0.15) is 0 Å². The number of tetrazole rings is 1. The lowest BCUT2D eigenvalue weighted by Crippen LogP contribution is -3.00. The number of benzene rings is 5. The van der Waals surface area contributed by atoms with E-state index in [0.29, 0.717) is 37.6 Å². The molecule has 1 spiro atoms. The maximum atomic E-state index is 13.7. The third-order valence-electron chi connectivity index (χ3n) is 9.65. The molecule has 1 aromatic heterocycles. The quantitative estimate of drug-likeness (QED) is 0.208. The first-order chi connectivity index (χ1) is 25.5. The average Bonchev–Trinajstić information content (AvgIpc) is 3.79. The fourth-order valence-electron chi connectivity index (χ4n) is 6.74. The van der Waals surface area contributed by atoms with Crippen molar-refractivity contribution >= 4 is 18.4 Å². The average molecular weight is 771 g/mol. The monoisotopic (exact) mass is 769 g/mol. The highest BCUT2D eigenvalue weighted by atomic mass is 35.5.